The normalized spacial score (nSPS) is 16.8. The van der Waals surface area contributed by atoms with Crippen molar-refractivity contribution >= 4 is 50.5 Å². The third-order valence-corrected chi connectivity index (χ3v) is 5.50. The van der Waals surface area contributed by atoms with Gasteiger partial charge in [-0.2, -0.15) is 0 Å². The number of benzene rings is 2. The van der Waals surface area contributed by atoms with Crippen molar-refractivity contribution in [1.29, 1.82) is 0 Å². The first-order valence-corrected chi connectivity index (χ1v) is 9.85. The van der Waals surface area contributed by atoms with Crippen LogP contribution >= 0.6 is 23.2 Å². The Morgan fingerprint density at radius 2 is 1.92 bits per heavy atom. The quantitative estimate of drug-likeness (QED) is 0.858. The molecule has 0 radical (unpaired) electrons. The molecule has 0 saturated heterocycles. The van der Waals surface area contributed by atoms with Gasteiger partial charge in [0.1, 0.15) is 5.75 Å². The number of amides is 1. The van der Waals surface area contributed by atoms with E-state index in [9.17, 15) is 13.2 Å². The average Bonchev–Trinajstić information content (AvgIpc) is 2.56. The Bertz CT molecular complexity index is 933. The molecule has 0 aliphatic carbocycles. The predicted molar refractivity (Wildman–Crippen MR) is 98.1 cm³/mol. The molecule has 2 aromatic carbocycles. The molecule has 1 heterocycles. The minimum atomic E-state index is -3.56. The van der Waals surface area contributed by atoms with E-state index in [0.29, 0.717) is 27.2 Å². The van der Waals surface area contributed by atoms with Crippen molar-refractivity contribution in [2.24, 2.45) is 0 Å². The molecule has 6 nitrogen and oxygen atoms in total. The number of sulfonamides is 1. The van der Waals surface area contributed by atoms with E-state index in [1.54, 1.807) is 36.4 Å². The van der Waals surface area contributed by atoms with Gasteiger partial charge < -0.3 is 10.1 Å². The summed E-state index contributed by atoms with van der Waals surface area (Å²) in [5, 5.41) is 3.32. The van der Waals surface area contributed by atoms with Crippen molar-refractivity contribution in [3.63, 3.8) is 0 Å². The van der Waals surface area contributed by atoms with E-state index in [1.807, 2.05) is 0 Å². The standard InChI is InChI=1S/C16H14Cl2N2O4S/c1-25(22,23)20-9-15(24-14-5-3-2-4-13(14)20)16(21)19-10-6-7-11(17)12(18)8-10/h2-8,15H,9H2,1H3,(H,19,21)/t15-/m0/s1. The molecule has 1 aliphatic rings. The summed E-state index contributed by atoms with van der Waals surface area (Å²) in [6.07, 6.45) is 0.0855. The van der Waals surface area contributed by atoms with E-state index in [0.717, 1.165) is 10.6 Å². The van der Waals surface area contributed by atoms with Gasteiger partial charge in [-0.05, 0) is 30.3 Å². The Balaban J connectivity index is 1.85. The Hall–Kier alpha value is -1.96. The average molecular weight is 401 g/mol. The maximum Gasteiger partial charge on any atom is 0.267 e. The molecule has 0 bridgehead atoms. The molecule has 1 amide bonds. The molecular formula is C16H14Cl2N2O4S. The highest BCUT2D eigenvalue weighted by atomic mass is 35.5. The van der Waals surface area contributed by atoms with Crippen molar-refractivity contribution in [1.82, 2.24) is 0 Å². The first kappa shape index (κ1) is 17.8. The zero-order chi connectivity index (χ0) is 18.2. The van der Waals surface area contributed by atoms with Gasteiger partial charge in [0, 0.05) is 5.69 Å². The molecular weight excluding hydrogens is 387 g/mol. The summed E-state index contributed by atoms with van der Waals surface area (Å²) in [5.41, 5.74) is 0.844. The van der Waals surface area contributed by atoms with Crippen LogP contribution in [0.1, 0.15) is 0 Å². The molecule has 0 aromatic heterocycles. The number of halogens is 2. The van der Waals surface area contributed by atoms with Crippen molar-refractivity contribution < 1.29 is 17.9 Å². The summed E-state index contributed by atoms with van der Waals surface area (Å²) in [5.74, 6) is -0.157. The number of carbonyl (C=O) groups excluding carboxylic acids is 1. The maximum absolute atomic E-state index is 12.5. The number of ether oxygens (including phenoxy) is 1. The number of fused-ring (bicyclic) bond motifs is 1. The summed E-state index contributed by atoms with van der Waals surface area (Å²) in [6, 6.07) is 11.3. The van der Waals surface area contributed by atoms with Gasteiger partial charge in [-0.25, -0.2) is 8.42 Å². The van der Waals surface area contributed by atoms with E-state index in [-0.39, 0.29) is 6.54 Å². The first-order valence-electron chi connectivity index (χ1n) is 7.25. The summed E-state index contributed by atoms with van der Waals surface area (Å²) in [6.45, 7) is -0.122. The lowest BCUT2D eigenvalue weighted by Gasteiger charge is -2.33. The van der Waals surface area contributed by atoms with Crippen LogP contribution in [0, 0.1) is 0 Å². The second-order valence-corrected chi connectivity index (χ2v) is 8.21. The van der Waals surface area contributed by atoms with Gasteiger partial charge in [0.2, 0.25) is 10.0 Å². The molecule has 0 saturated carbocycles. The third kappa shape index (κ3) is 3.84. The third-order valence-electron chi connectivity index (χ3n) is 3.61. The lowest BCUT2D eigenvalue weighted by molar-refractivity contribution is -0.122. The minimum absolute atomic E-state index is 0.122. The monoisotopic (exact) mass is 400 g/mol. The molecule has 132 valence electrons. The van der Waals surface area contributed by atoms with Crippen LogP contribution in [0.4, 0.5) is 11.4 Å². The molecule has 1 N–H and O–H groups in total. The van der Waals surface area contributed by atoms with E-state index in [2.05, 4.69) is 5.32 Å². The number of rotatable bonds is 3. The first-order chi connectivity index (χ1) is 11.8. The van der Waals surface area contributed by atoms with Gasteiger partial charge in [0.05, 0.1) is 28.5 Å². The second-order valence-electron chi connectivity index (χ2n) is 5.49. The number of hydrogen-bond acceptors (Lipinski definition) is 4. The molecule has 25 heavy (non-hydrogen) atoms. The largest absolute Gasteiger partial charge is 0.476 e. The number of hydrogen-bond donors (Lipinski definition) is 1. The fourth-order valence-corrected chi connectivity index (χ4v) is 3.66. The van der Waals surface area contributed by atoms with Crippen LogP contribution in [-0.4, -0.2) is 33.2 Å². The van der Waals surface area contributed by atoms with Crippen molar-refractivity contribution in [2.75, 3.05) is 22.4 Å². The van der Waals surface area contributed by atoms with Gasteiger partial charge >= 0.3 is 0 Å². The van der Waals surface area contributed by atoms with Crippen molar-refractivity contribution in [2.45, 2.75) is 6.10 Å². The molecule has 1 atom stereocenters. The van der Waals surface area contributed by atoms with Gasteiger partial charge in [0.15, 0.2) is 6.10 Å². The zero-order valence-electron chi connectivity index (χ0n) is 13.1. The molecule has 3 rings (SSSR count). The van der Waals surface area contributed by atoms with Gasteiger partial charge in [-0.1, -0.05) is 35.3 Å². The fourth-order valence-electron chi connectivity index (χ4n) is 2.45. The number of nitrogens with one attached hydrogen (secondary N) is 1. The number of para-hydroxylation sites is 2. The molecule has 9 heteroatoms. The van der Waals surface area contributed by atoms with Gasteiger partial charge in [-0.3, -0.25) is 9.10 Å². The van der Waals surface area contributed by atoms with Crippen LogP contribution in [0.2, 0.25) is 10.0 Å². The summed E-state index contributed by atoms with van der Waals surface area (Å²) in [7, 11) is -3.56. The van der Waals surface area contributed by atoms with Crippen LogP contribution in [0.15, 0.2) is 42.5 Å². The van der Waals surface area contributed by atoms with Crippen LogP contribution in [0.3, 0.4) is 0 Å². The van der Waals surface area contributed by atoms with Crippen LogP contribution in [0.25, 0.3) is 0 Å². The Morgan fingerprint density at radius 3 is 2.60 bits per heavy atom. The number of anilines is 2. The topological polar surface area (TPSA) is 75.7 Å². The lowest BCUT2D eigenvalue weighted by atomic mass is 10.2. The molecule has 0 unspecified atom stereocenters. The minimum Gasteiger partial charge on any atom is -0.476 e. The van der Waals surface area contributed by atoms with E-state index in [4.69, 9.17) is 27.9 Å². The van der Waals surface area contributed by atoms with E-state index < -0.39 is 22.0 Å². The van der Waals surface area contributed by atoms with Gasteiger partial charge in [0.25, 0.3) is 5.91 Å². The second kappa shape index (κ2) is 6.74. The Labute approximate surface area is 155 Å². The fraction of sp³-hybridized carbons (Fsp3) is 0.188. The highest BCUT2D eigenvalue weighted by molar-refractivity contribution is 7.92. The highest BCUT2D eigenvalue weighted by Crippen LogP contribution is 2.35. The SMILES string of the molecule is CS(=O)(=O)N1C[C@@H](C(=O)Nc2ccc(Cl)c(Cl)c2)Oc2ccccc21. The lowest BCUT2D eigenvalue weighted by Crippen LogP contribution is -2.48. The predicted octanol–water partition coefficient (Wildman–Crippen LogP) is 3.16. The molecule has 2 aromatic rings. The zero-order valence-corrected chi connectivity index (χ0v) is 15.4. The number of carbonyl (C=O) groups is 1. The molecule has 1 aliphatic heterocycles. The number of nitrogens with zero attached hydrogens (tertiary/aromatic N) is 1. The van der Waals surface area contributed by atoms with E-state index in [1.165, 1.54) is 6.07 Å². The van der Waals surface area contributed by atoms with E-state index >= 15 is 0 Å². The van der Waals surface area contributed by atoms with Crippen molar-refractivity contribution in [3.05, 3.63) is 52.5 Å². The Kier molecular flexibility index (Phi) is 4.81. The molecule has 0 fully saturated rings. The smallest absolute Gasteiger partial charge is 0.267 e. The highest BCUT2D eigenvalue weighted by Gasteiger charge is 2.34. The van der Waals surface area contributed by atoms with Crippen molar-refractivity contribution in [3.8, 4) is 5.75 Å². The summed E-state index contributed by atoms with van der Waals surface area (Å²) < 4.78 is 31.0. The van der Waals surface area contributed by atoms with Crippen LogP contribution in [-0.2, 0) is 14.8 Å². The summed E-state index contributed by atoms with van der Waals surface area (Å²) in [4.78, 5) is 12.5. The summed E-state index contributed by atoms with van der Waals surface area (Å²) >= 11 is 11.8. The molecule has 0 spiro atoms. The van der Waals surface area contributed by atoms with Crippen LogP contribution in [0.5, 0.6) is 5.75 Å². The van der Waals surface area contributed by atoms with Crippen LogP contribution < -0.4 is 14.4 Å². The Morgan fingerprint density at radius 1 is 1.20 bits per heavy atom. The van der Waals surface area contributed by atoms with Gasteiger partial charge in [-0.15, -0.1) is 0 Å². The maximum atomic E-state index is 12.5.